The fraction of sp³-hybridized carbons (Fsp3) is 0.318. The molecule has 0 unspecified atom stereocenters. The monoisotopic (exact) mass is 487 g/mol. The summed E-state index contributed by atoms with van der Waals surface area (Å²) in [4.78, 5) is 21.8. The van der Waals surface area contributed by atoms with Crippen LogP contribution < -0.4 is 0 Å². The van der Waals surface area contributed by atoms with Crippen molar-refractivity contribution in [1.82, 2.24) is 24.4 Å². The molecule has 0 radical (unpaired) electrons. The number of thiazole rings is 1. The van der Waals surface area contributed by atoms with Crippen LogP contribution in [0.3, 0.4) is 0 Å². The number of fused-ring (bicyclic) bond motifs is 1. The number of carbonyl (C=O) groups excluding carboxylic acids is 1. The van der Waals surface area contributed by atoms with Crippen molar-refractivity contribution in [2.45, 2.75) is 13.0 Å². The predicted octanol–water partition coefficient (Wildman–Crippen LogP) is 4.27. The van der Waals surface area contributed by atoms with Gasteiger partial charge in [-0.25, -0.2) is 4.79 Å². The van der Waals surface area contributed by atoms with Gasteiger partial charge < -0.3 is 19.2 Å². The molecule has 1 N–H and O–H groups in total. The number of hydrogen-bond donors (Lipinski definition) is 1. The van der Waals surface area contributed by atoms with Gasteiger partial charge in [-0.2, -0.15) is 9.50 Å². The molecular formula is C22H22ClN5O4S. The molecule has 1 aliphatic rings. The zero-order valence-electron chi connectivity index (χ0n) is 17.8. The summed E-state index contributed by atoms with van der Waals surface area (Å²) in [7, 11) is 0. The Morgan fingerprint density at radius 2 is 2.03 bits per heavy atom. The van der Waals surface area contributed by atoms with Crippen molar-refractivity contribution in [3.05, 3.63) is 58.1 Å². The van der Waals surface area contributed by atoms with Crippen LogP contribution in [0.1, 0.15) is 23.4 Å². The molecule has 1 atom stereocenters. The summed E-state index contributed by atoms with van der Waals surface area (Å²) in [5, 5.41) is 16.2. The molecule has 11 heteroatoms. The molecule has 5 rings (SSSR count). The van der Waals surface area contributed by atoms with Crippen molar-refractivity contribution in [1.29, 1.82) is 0 Å². The minimum absolute atomic E-state index is 0.0121. The molecule has 3 aromatic heterocycles. The van der Waals surface area contributed by atoms with E-state index in [0.717, 1.165) is 5.56 Å². The largest absolute Gasteiger partial charge is 0.492 e. The van der Waals surface area contributed by atoms with Crippen LogP contribution in [0.2, 0.25) is 5.02 Å². The number of benzene rings is 1. The van der Waals surface area contributed by atoms with E-state index in [9.17, 15) is 9.90 Å². The first-order valence-electron chi connectivity index (χ1n) is 10.6. The first-order valence-corrected chi connectivity index (χ1v) is 11.8. The van der Waals surface area contributed by atoms with Crippen LogP contribution in [-0.4, -0.2) is 68.4 Å². The Morgan fingerprint density at radius 1 is 1.24 bits per heavy atom. The maximum Gasteiger partial charge on any atom is 0.409 e. The van der Waals surface area contributed by atoms with E-state index in [2.05, 4.69) is 15.0 Å². The van der Waals surface area contributed by atoms with Gasteiger partial charge >= 0.3 is 6.09 Å². The van der Waals surface area contributed by atoms with Gasteiger partial charge in [0.15, 0.2) is 5.76 Å². The maximum atomic E-state index is 12.1. The number of nitrogens with zero attached hydrogens (tertiary/aromatic N) is 5. The van der Waals surface area contributed by atoms with Gasteiger partial charge in [0.25, 0.3) is 0 Å². The maximum absolute atomic E-state index is 12.1. The van der Waals surface area contributed by atoms with Gasteiger partial charge in [0.2, 0.25) is 16.7 Å². The second-order valence-corrected chi connectivity index (χ2v) is 8.96. The highest BCUT2D eigenvalue weighted by molar-refractivity contribution is 7.17. The molecule has 0 spiro atoms. The molecule has 172 valence electrons. The summed E-state index contributed by atoms with van der Waals surface area (Å²) in [6, 6.07) is 10.8. The Hall–Kier alpha value is -3.08. The highest BCUT2D eigenvalue weighted by atomic mass is 35.5. The molecule has 1 saturated heterocycles. The average molecular weight is 488 g/mol. The van der Waals surface area contributed by atoms with E-state index in [1.807, 2.05) is 24.3 Å². The van der Waals surface area contributed by atoms with Gasteiger partial charge in [0, 0.05) is 31.2 Å². The van der Waals surface area contributed by atoms with Crippen molar-refractivity contribution >= 4 is 34.0 Å². The van der Waals surface area contributed by atoms with Crippen LogP contribution in [0.4, 0.5) is 4.79 Å². The third-order valence-corrected chi connectivity index (χ3v) is 7.01. The Balaban J connectivity index is 1.50. The summed E-state index contributed by atoms with van der Waals surface area (Å²) in [6.07, 6.45) is 1.25. The minimum Gasteiger partial charge on any atom is -0.492 e. The van der Waals surface area contributed by atoms with Crippen LogP contribution in [0.5, 0.6) is 5.88 Å². The van der Waals surface area contributed by atoms with Crippen molar-refractivity contribution in [3.8, 4) is 17.5 Å². The van der Waals surface area contributed by atoms with Crippen LogP contribution in [0.15, 0.2) is 47.1 Å². The van der Waals surface area contributed by atoms with E-state index in [1.54, 1.807) is 30.2 Å². The third kappa shape index (κ3) is 4.05. The predicted molar refractivity (Wildman–Crippen MR) is 124 cm³/mol. The molecular weight excluding hydrogens is 466 g/mol. The van der Waals surface area contributed by atoms with E-state index in [-0.39, 0.29) is 18.0 Å². The molecule has 0 bridgehead atoms. The molecule has 1 aliphatic heterocycles. The molecule has 0 aliphatic carbocycles. The molecule has 1 aromatic carbocycles. The zero-order valence-corrected chi connectivity index (χ0v) is 19.4. The van der Waals surface area contributed by atoms with Crippen molar-refractivity contribution < 1.29 is 19.1 Å². The van der Waals surface area contributed by atoms with Crippen molar-refractivity contribution in [2.75, 3.05) is 32.8 Å². The lowest BCUT2D eigenvalue weighted by Crippen LogP contribution is -2.50. The lowest BCUT2D eigenvalue weighted by Gasteiger charge is -2.38. The van der Waals surface area contributed by atoms with Crippen LogP contribution in [0, 0.1) is 0 Å². The number of furan rings is 1. The number of amides is 1. The normalized spacial score (nSPS) is 15.8. The highest BCUT2D eigenvalue weighted by Crippen LogP contribution is 2.42. The molecule has 0 saturated carbocycles. The Labute approximate surface area is 198 Å². The summed E-state index contributed by atoms with van der Waals surface area (Å²) in [5.74, 6) is 0.952. The molecule has 33 heavy (non-hydrogen) atoms. The second-order valence-electron chi connectivity index (χ2n) is 7.54. The number of ether oxygens (including phenoxy) is 1. The Morgan fingerprint density at radius 3 is 2.70 bits per heavy atom. The Bertz CT molecular complexity index is 1260. The smallest absolute Gasteiger partial charge is 0.409 e. The number of hydrogen-bond acceptors (Lipinski definition) is 8. The number of aromatic hydroxyl groups is 1. The van der Waals surface area contributed by atoms with Gasteiger partial charge in [-0.05, 0) is 30.7 Å². The van der Waals surface area contributed by atoms with Gasteiger partial charge in [-0.15, -0.1) is 5.10 Å². The fourth-order valence-electron chi connectivity index (χ4n) is 4.02. The molecule has 1 amide bonds. The van der Waals surface area contributed by atoms with Crippen LogP contribution in [-0.2, 0) is 4.74 Å². The summed E-state index contributed by atoms with van der Waals surface area (Å²) in [6.45, 7) is 4.37. The standard InChI is InChI=1S/C22H22ClN5O4S/c1-2-31-22(30)27-11-9-26(10-12-27)17(14-6-3-4-7-15(14)23)18-20(29)28-21(33-18)24-19(25-28)16-8-5-13-32-16/h3-8,13,17,29H,2,9-12H2,1H3/t17-/m0/s1. The zero-order chi connectivity index (χ0) is 22.9. The summed E-state index contributed by atoms with van der Waals surface area (Å²) < 4.78 is 11.9. The number of carbonyl (C=O) groups is 1. The molecule has 4 heterocycles. The first kappa shape index (κ1) is 21.7. The van der Waals surface area contributed by atoms with Gasteiger partial charge in [-0.1, -0.05) is 41.1 Å². The van der Waals surface area contributed by atoms with Gasteiger partial charge in [0.05, 0.1) is 23.8 Å². The lowest BCUT2D eigenvalue weighted by atomic mass is 10.0. The van der Waals surface area contributed by atoms with E-state index in [1.165, 1.54) is 15.9 Å². The first-order chi connectivity index (χ1) is 16.1. The van der Waals surface area contributed by atoms with Crippen LogP contribution >= 0.6 is 22.9 Å². The van der Waals surface area contributed by atoms with Gasteiger partial charge in [0.1, 0.15) is 0 Å². The Kier molecular flexibility index (Phi) is 5.96. The summed E-state index contributed by atoms with van der Waals surface area (Å²) in [5.41, 5.74) is 0.870. The number of rotatable bonds is 5. The average Bonchev–Trinajstić information content (AvgIpc) is 3.55. The quantitative estimate of drug-likeness (QED) is 0.449. The number of aromatic nitrogens is 3. The fourth-order valence-corrected chi connectivity index (χ4v) is 5.36. The van der Waals surface area contributed by atoms with Gasteiger partial charge in [-0.3, -0.25) is 4.90 Å². The van der Waals surface area contributed by atoms with E-state index in [0.29, 0.717) is 59.2 Å². The molecule has 9 nitrogen and oxygen atoms in total. The minimum atomic E-state index is -0.316. The highest BCUT2D eigenvalue weighted by Gasteiger charge is 2.34. The lowest BCUT2D eigenvalue weighted by molar-refractivity contribution is 0.0715. The summed E-state index contributed by atoms with van der Waals surface area (Å²) >= 11 is 7.94. The van der Waals surface area contributed by atoms with Crippen molar-refractivity contribution in [2.24, 2.45) is 0 Å². The van der Waals surface area contributed by atoms with Crippen LogP contribution in [0.25, 0.3) is 16.5 Å². The molecule has 4 aromatic rings. The SMILES string of the molecule is CCOC(=O)N1CCN([C@@H](c2ccccc2Cl)c2sc3nc(-c4ccco4)nn3c2O)CC1. The van der Waals surface area contributed by atoms with E-state index < -0.39 is 0 Å². The third-order valence-electron chi connectivity index (χ3n) is 5.59. The number of piperazine rings is 1. The van der Waals surface area contributed by atoms with E-state index >= 15 is 0 Å². The number of halogens is 1. The molecule has 1 fully saturated rings. The second kappa shape index (κ2) is 9.05. The van der Waals surface area contributed by atoms with Crippen molar-refractivity contribution in [3.63, 3.8) is 0 Å². The van der Waals surface area contributed by atoms with E-state index in [4.69, 9.17) is 20.8 Å². The topological polar surface area (TPSA) is 96.3 Å².